The van der Waals surface area contributed by atoms with Gasteiger partial charge in [0.2, 0.25) is 0 Å². The molecule has 1 aliphatic carbocycles. The van der Waals surface area contributed by atoms with Gasteiger partial charge in [-0.3, -0.25) is 4.79 Å². The highest BCUT2D eigenvalue weighted by Gasteiger charge is 2.49. The standard InChI is InChI=1S/C18H25N9O/c1-17(2)13(5-6-18(17,3)20)22-14-11(15(19)28)8-21-27-9-10(7-12(14)27)16-23-25-26(4)24-16/h7-9,13H,5-6,20H2,1-4H3,(H3,19,21,22,28)/p+1/t13-,18+/m1/s1. The number of aryl methyl sites for hydroxylation is 1. The number of fused-ring (bicyclic) bond motifs is 1. The summed E-state index contributed by atoms with van der Waals surface area (Å²) in [5.74, 6) is 0.00571. The van der Waals surface area contributed by atoms with Crippen molar-refractivity contribution in [2.75, 3.05) is 5.32 Å². The van der Waals surface area contributed by atoms with Gasteiger partial charge in [0.25, 0.3) is 5.91 Å². The number of aromatic amines is 1. The average Bonchev–Trinajstić information content (AvgIpc) is 3.27. The number of primary amides is 1. The van der Waals surface area contributed by atoms with Gasteiger partial charge in [-0.25, -0.2) is 4.52 Å². The minimum Gasteiger partial charge on any atom is -0.379 e. The van der Waals surface area contributed by atoms with Gasteiger partial charge in [-0.2, -0.15) is 5.10 Å². The predicted octanol–water partition coefficient (Wildman–Crippen LogP) is 0.361. The maximum absolute atomic E-state index is 12.1. The molecule has 10 nitrogen and oxygen atoms in total. The third kappa shape index (κ3) is 2.71. The number of rotatable bonds is 4. The molecule has 4 rings (SSSR count). The van der Waals surface area contributed by atoms with E-state index in [4.69, 9.17) is 11.5 Å². The molecule has 1 saturated carbocycles. The van der Waals surface area contributed by atoms with E-state index in [9.17, 15) is 4.79 Å². The monoisotopic (exact) mass is 384 g/mol. The molecule has 28 heavy (non-hydrogen) atoms. The second kappa shape index (κ2) is 5.99. The summed E-state index contributed by atoms with van der Waals surface area (Å²) in [6, 6.07) is 1.99. The lowest BCUT2D eigenvalue weighted by atomic mass is 9.75. The molecule has 0 saturated heterocycles. The average molecular weight is 384 g/mol. The van der Waals surface area contributed by atoms with Gasteiger partial charge in [0, 0.05) is 23.2 Å². The molecular formula is C18H26N9O+. The lowest BCUT2D eigenvalue weighted by molar-refractivity contribution is -0.783. The summed E-state index contributed by atoms with van der Waals surface area (Å²) in [6.07, 6.45) is 5.10. The van der Waals surface area contributed by atoms with Crippen molar-refractivity contribution in [3.05, 3.63) is 24.0 Å². The second-order valence-electron chi connectivity index (χ2n) is 8.39. The van der Waals surface area contributed by atoms with Crippen LogP contribution in [-0.4, -0.2) is 42.5 Å². The minimum absolute atomic E-state index is 0.0893. The van der Waals surface area contributed by atoms with Crippen LogP contribution in [0.25, 0.3) is 16.9 Å². The fraction of sp³-hybridized carbons (Fsp3) is 0.500. The normalized spacial score (nSPS) is 24.0. The van der Waals surface area contributed by atoms with Crippen LogP contribution in [-0.2, 0) is 7.05 Å². The molecule has 0 radical (unpaired) electrons. The number of hydrogen-bond acceptors (Lipinski definition) is 6. The summed E-state index contributed by atoms with van der Waals surface area (Å²) in [7, 11) is 1.76. The Morgan fingerprint density at radius 1 is 1.43 bits per heavy atom. The van der Waals surface area contributed by atoms with Crippen LogP contribution in [0.1, 0.15) is 44.0 Å². The molecule has 3 aromatic heterocycles. The number of H-pyrrole nitrogens is 1. The van der Waals surface area contributed by atoms with Gasteiger partial charge >= 0.3 is 5.82 Å². The van der Waals surface area contributed by atoms with Crippen molar-refractivity contribution in [3.63, 3.8) is 0 Å². The molecule has 0 bridgehead atoms. The van der Waals surface area contributed by atoms with E-state index >= 15 is 0 Å². The van der Waals surface area contributed by atoms with E-state index in [-0.39, 0.29) is 17.0 Å². The van der Waals surface area contributed by atoms with Crippen LogP contribution in [0.2, 0.25) is 0 Å². The first-order valence-electron chi connectivity index (χ1n) is 9.26. The number of anilines is 1. The van der Waals surface area contributed by atoms with Crippen LogP contribution in [0, 0.1) is 5.41 Å². The Balaban J connectivity index is 1.82. The van der Waals surface area contributed by atoms with Gasteiger partial charge in [0.1, 0.15) is 7.05 Å². The number of tetrazole rings is 1. The Labute approximate surface area is 162 Å². The van der Waals surface area contributed by atoms with Crippen molar-refractivity contribution in [1.82, 2.24) is 25.0 Å². The van der Waals surface area contributed by atoms with E-state index in [1.807, 2.05) is 12.3 Å². The van der Waals surface area contributed by atoms with Gasteiger partial charge in [0.15, 0.2) is 0 Å². The fourth-order valence-electron chi connectivity index (χ4n) is 3.90. The van der Waals surface area contributed by atoms with Crippen LogP contribution < -0.4 is 21.6 Å². The summed E-state index contributed by atoms with van der Waals surface area (Å²) in [5.41, 5.74) is 14.2. The molecule has 1 amide bonds. The summed E-state index contributed by atoms with van der Waals surface area (Å²) in [5, 5.41) is 19.1. The Morgan fingerprint density at radius 2 is 2.18 bits per heavy atom. The number of nitrogens with one attached hydrogen (secondary N) is 2. The molecule has 3 aromatic rings. The molecule has 1 fully saturated rings. The van der Waals surface area contributed by atoms with Crippen LogP contribution >= 0.6 is 0 Å². The van der Waals surface area contributed by atoms with E-state index in [1.54, 1.807) is 11.6 Å². The first kappa shape index (κ1) is 18.4. The van der Waals surface area contributed by atoms with Gasteiger partial charge in [-0.1, -0.05) is 18.6 Å². The Bertz CT molecular complexity index is 1060. The number of aromatic nitrogens is 6. The molecular weight excluding hydrogens is 358 g/mol. The molecule has 6 N–H and O–H groups in total. The molecule has 0 aliphatic heterocycles. The quantitative estimate of drug-likeness (QED) is 0.478. The van der Waals surface area contributed by atoms with Crippen molar-refractivity contribution in [2.24, 2.45) is 23.9 Å². The highest BCUT2D eigenvalue weighted by molar-refractivity contribution is 6.02. The molecule has 1 aliphatic rings. The van der Waals surface area contributed by atoms with Crippen molar-refractivity contribution in [2.45, 2.75) is 45.2 Å². The van der Waals surface area contributed by atoms with Gasteiger partial charge in [-0.15, -0.1) is 0 Å². The maximum Gasteiger partial charge on any atom is 0.340 e. The smallest absolute Gasteiger partial charge is 0.340 e. The summed E-state index contributed by atoms with van der Waals surface area (Å²) < 4.78 is 1.70. The lowest BCUT2D eigenvalue weighted by Crippen LogP contribution is -2.51. The van der Waals surface area contributed by atoms with Crippen molar-refractivity contribution in [3.8, 4) is 11.4 Å². The summed E-state index contributed by atoms with van der Waals surface area (Å²) >= 11 is 0. The SMILES string of the molecule is C[n+]1nc(-c2cc3c(N[C@@H]4CC[C@](C)(N)C4(C)C)c(C(N)=O)cnn3c2)n[nH]1. The maximum atomic E-state index is 12.1. The number of carbonyl (C=O) groups excluding carboxylic acids is 1. The Morgan fingerprint density at radius 3 is 2.75 bits per heavy atom. The number of hydrogen-bond donors (Lipinski definition) is 4. The number of nitrogens with zero attached hydrogens (tertiary/aromatic N) is 5. The molecule has 10 heteroatoms. The summed E-state index contributed by atoms with van der Waals surface area (Å²) in [6.45, 7) is 6.37. The van der Waals surface area contributed by atoms with Crippen LogP contribution in [0.3, 0.4) is 0 Å². The minimum atomic E-state index is -0.532. The Hall–Kier alpha value is -3.01. The third-order valence-corrected chi connectivity index (χ3v) is 6.32. The summed E-state index contributed by atoms with van der Waals surface area (Å²) in [4.78, 5) is 13.6. The topological polar surface area (TPSA) is 144 Å². The molecule has 3 heterocycles. The van der Waals surface area contributed by atoms with Crippen LogP contribution in [0.5, 0.6) is 0 Å². The largest absolute Gasteiger partial charge is 0.379 e. The molecule has 0 spiro atoms. The zero-order valence-electron chi connectivity index (χ0n) is 16.5. The van der Waals surface area contributed by atoms with E-state index in [0.717, 1.165) is 23.9 Å². The highest BCUT2D eigenvalue weighted by Crippen LogP contribution is 2.46. The first-order chi connectivity index (χ1) is 13.1. The zero-order chi connectivity index (χ0) is 20.3. The van der Waals surface area contributed by atoms with Gasteiger partial charge in [0.05, 0.1) is 33.6 Å². The highest BCUT2D eigenvalue weighted by atomic mass is 16.1. The van der Waals surface area contributed by atoms with E-state index in [2.05, 4.69) is 46.6 Å². The lowest BCUT2D eigenvalue weighted by Gasteiger charge is -2.39. The van der Waals surface area contributed by atoms with Crippen molar-refractivity contribution >= 4 is 17.1 Å². The zero-order valence-corrected chi connectivity index (χ0v) is 16.5. The van der Waals surface area contributed by atoms with E-state index in [1.165, 1.54) is 11.0 Å². The predicted molar refractivity (Wildman–Crippen MR) is 103 cm³/mol. The number of nitrogens with two attached hydrogens (primary N) is 2. The molecule has 0 aromatic carbocycles. The van der Waals surface area contributed by atoms with Gasteiger partial charge < -0.3 is 16.8 Å². The van der Waals surface area contributed by atoms with Crippen LogP contribution in [0.15, 0.2) is 18.5 Å². The second-order valence-corrected chi connectivity index (χ2v) is 8.39. The number of carbonyl (C=O) groups is 1. The van der Waals surface area contributed by atoms with E-state index < -0.39 is 5.91 Å². The van der Waals surface area contributed by atoms with Gasteiger partial charge in [-0.05, 0) is 36.1 Å². The first-order valence-corrected chi connectivity index (χ1v) is 9.26. The number of amides is 1. The fourth-order valence-corrected chi connectivity index (χ4v) is 3.90. The molecule has 148 valence electrons. The molecule has 0 unspecified atom stereocenters. The van der Waals surface area contributed by atoms with Crippen LogP contribution in [0.4, 0.5) is 5.69 Å². The van der Waals surface area contributed by atoms with Crippen molar-refractivity contribution < 1.29 is 9.59 Å². The Kier molecular flexibility index (Phi) is 3.93. The van der Waals surface area contributed by atoms with E-state index in [0.29, 0.717) is 17.1 Å². The third-order valence-electron chi connectivity index (χ3n) is 6.32. The molecule has 2 atom stereocenters. The van der Waals surface area contributed by atoms with Crippen molar-refractivity contribution in [1.29, 1.82) is 0 Å².